The number of carbonyl (C=O) groups excluding carboxylic acids is 5. The van der Waals surface area contributed by atoms with Gasteiger partial charge in [0, 0.05) is 39.5 Å². The van der Waals surface area contributed by atoms with Crippen LogP contribution in [0.5, 0.6) is 0 Å². The van der Waals surface area contributed by atoms with Crippen molar-refractivity contribution in [3.8, 4) is 0 Å². The van der Waals surface area contributed by atoms with Crippen LogP contribution in [0.1, 0.15) is 85.0 Å². The number of hydrogen-bond donors (Lipinski definition) is 1. The molecule has 0 radical (unpaired) electrons. The predicted molar refractivity (Wildman–Crippen MR) is 163 cm³/mol. The van der Waals surface area contributed by atoms with Crippen molar-refractivity contribution < 1.29 is 57.5 Å². The third-order valence-corrected chi connectivity index (χ3v) is 10.9. The first-order valence-electron chi connectivity index (χ1n) is 15.9. The topological polar surface area (TPSA) is 161 Å². The number of fused-ring (bicyclic) bond motifs is 5. The summed E-state index contributed by atoms with van der Waals surface area (Å²) in [5, 5.41) is 13.2. The molecule has 1 saturated heterocycles. The maximum Gasteiger partial charge on any atom is 0.338 e. The Kier molecular flexibility index (Phi) is 8.85. The average Bonchev–Trinajstić information content (AvgIpc) is 2.96. The van der Waals surface area contributed by atoms with Crippen molar-refractivity contribution in [2.24, 2.45) is 16.7 Å². The third-order valence-electron chi connectivity index (χ3n) is 10.9. The largest absolute Gasteiger partial charge is 0.462 e. The lowest BCUT2D eigenvalue weighted by Crippen LogP contribution is -2.82. The van der Waals surface area contributed by atoms with E-state index in [1.165, 1.54) is 27.7 Å². The van der Waals surface area contributed by atoms with Gasteiger partial charge in [0.2, 0.25) is 0 Å². The fourth-order valence-corrected chi connectivity index (χ4v) is 8.87. The third kappa shape index (κ3) is 5.43. The maximum absolute atomic E-state index is 14.0. The monoisotopic (exact) mass is 656 g/mol. The summed E-state index contributed by atoms with van der Waals surface area (Å²) in [5.74, 6) is -4.68. The second-order valence-corrected chi connectivity index (χ2v) is 14.0. The number of hydrogen-bond acceptors (Lipinski definition) is 12. The first kappa shape index (κ1) is 34.6. The Morgan fingerprint density at radius 2 is 1.45 bits per heavy atom. The minimum absolute atomic E-state index is 0.00359. The van der Waals surface area contributed by atoms with E-state index in [9.17, 15) is 29.1 Å². The minimum atomic E-state index is -1.87. The van der Waals surface area contributed by atoms with Crippen LogP contribution in [-0.2, 0) is 47.6 Å². The molecule has 5 rings (SSSR count). The number of ether oxygens (including phenoxy) is 6. The van der Waals surface area contributed by atoms with Gasteiger partial charge in [-0.2, -0.15) is 0 Å². The summed E-state index contributed by atoms with van der Waals surface area (Å²) < 4.78 is 36.7. The summed E-state index contributed by atoms with van der Waals surface area (Å²) in [6.45, 7) is 11.8. The van der Waals surface area contributed by atoms with Crippen LogP contribution < -0.4 is 0 Å². The molecule has 256 valence electrons. The standard InChI is InChI=1S/C35H44O12/c1-18-14-15-35(41)30(46-31(40)23-12-10-9-11-13-23)28-33(8,24(43-19(2)36)16-25-34(28,17-42-25)47-22(5)39)29(45-21(4)38)27(44-20(3)37)26(18)32(35,6)7/h9-13,24-25,27-30,41H,14-17H2,1-8H3/t24-,25+,27+,28-,29-,30-,33+,34-,35+/m0/s1. The van der Waals surface area contributed by atoms with Crippen molar-refractivity contribution in [1.82, 2.24) is 0 Å². The van der Waals surface area contributed by atoms with E-state index in [-0.39, 0.29) is 25.0 Å². The Morgan fingerprint density at radius 1 is 0.830 bits per heavy atom. The molecular weight excluding hydrogens is 612 g/mol. The summed E-state index contributed by atoms with van der Waals surface area (Å²) in [5.41, 5.74) is -4.79. The van der Waals surface area contributed by atoms with Crippen LogP contribution in [0.2, 0.25) is 0 Å². The van der Waals surface area contributed by atoms with Crippen LogP contribution in [0.4, 0.5) is 0 Å². The maximum atomic E-state index is 14.0. The van der Waals surface area contributed by atoms with Crippen LogP contribution in [-0.4, -0.2) is 83.3 Å². The highest BCUT2D eigenvalue weighted by Crippen LogP contribution is 2.66. The number of aliphatic hydroxyl groups is 1. The van der Waals surface area contributed by atoms with Crippen LogP contribution in [0.3, 0.4) is 0 Å². The zero-order chi connectivity index (χ0) is 34.7. The number of esters is 5. The molecule has 2 saturated carbocycles. The van der Waals surface area contributed by atoms with E-state index in [1.807, 2.05) is 6.92 Å². The van der Waals surface area contributed by atoms with Gasteiger partial charge in [-0.25, -0.2) is 4.79 Å². The van der Waals surface area contributed by atoms with E-state index in [1.54, 1.807) is 51.1 Å². The predicted octanol–water partition coefficient (Wildman–Crippen LogP) is 3.62. The molecular formula is C35H44O12. The number of benzene rings is 1. The van der Waals surface area contributed by atoms with Crippen molar-refractivity contribution in [3.63, 3.8) is 0 Å². The average molecular weight is 657 g/mol. The fourth-order valence-electron chi connectivity index (χ4n) is 8.87. The van der Waals surface area contributed by atoms with Gasteiger partial charge in [-0.05, 0) is 37.5 Å². The summed E-state index contributed by atoms with van der Waals surface area (Å²) in [7, 11) is 0. The fraction of sp³-hybridized carbons (Fsp3) is 0.629. The van der Waals surface area contributed by atoms with Crippen LogP contribution in [0.25, 0.3) is 0 Å². The van der Waals surface area contributed by atoms with Gasteiger partial charge >= 0.3 is 29.8 Å². The lowest BCUT2D eigenvalue weighted by Gasteiger charge is -2.69. The van der Waals surface area contributed by atoms with Gasteiger partial charge in [0.1, 0.15) is 23.9 Å². The zero-order valence-electron chi connectivity index (χ0n) is 28.1. The lowest BCUT2D eigenvalue weighted by molar-refractivity contribution is -0.364. The quantitative estimate of drug-likeness (QED) is 0.270. The molecule has 47 heavy (non-hydrogen) atoms. The van der Waals surface area contributed by atoms with Crippen LogP contribution in [0, 0.1) is 16.7 Å². The van der Waals surface area contributed by atoms with Crippen molar-refractivity contribution in [1.29, 1.82) is 0 Å². The van der Waals surface area contributed by atoms with E-state index < -0.39 is 88.3 Å². The van der Waals surface area contributed by atoms with Gasteiger partial charge in [-0.3, -0.25) is 19.2 Å². The Morgan fingerprint density at radius 3 is 1.98 bits per heavy atom. The van der Waals surface area contributed by atoms with Gasteiger partial charge < -0.3 is 33.5 Å². The van der Waals surface area contributed by atoms with E-state index in [0.717, 1.165) is 5.57 Å². The summed E-state index contributed by atoms with van der Waals surface area (Å²) in [4.78, 5) is 65.4. The van der Waals surface area contributed by atoms with Crippen LogP contribution >= 0.6 is 0 Å². The summed E-state index contributed by atoms with van der Waals surface area (Å²) >= 11 is 0. The molecule has 1 N–H and O–H groups in total. The molecule has 4 aliphatic rings. The van der Waals surface area contributed by atoms with E-state index in [0.29, 0.717) is 12.0 Å². The molecule has 1 aromatic rings. The first-order chi connectivity index (χ1) is 21.9. The molecule has 9 atom stereocenters. The van der Waals surface area contributed by atoms with Gasteiger partial charge in [0.15, 0.2) is 17.8 Å². The molecule has 12 heteroatoms. The zero-order valence-corrected chi connectivity index (χ0v) is 28.1. The van der Waals surface area contributed by atoms with Gasteiger partial charge in [0.05, 0.1) is 23.5 Å². The molecule has 0 spiro atoms. The molecule has 12 nitrogen and oxygen atoms in total. The number of carbonyl (C=O) groups is 5. The Hall–Kier alpha value is -3.77. The van der Waals surface area contributed by atoms with Gasteiger partial charge in [0.25, 0.3) is 0 Å². The second kappa shape index (κ2) is 12.0. The van der Waals surface area contributed by atoms with Gasteiger partial charge in [-0.15, -0.1) is 0 Å². The Labute approximate surface area is 274 Å². The molecule has 3 fully saturated rings. The summed E-state index contributed by atoms with van der Waals surface area (Å²) in [6.07, 6.45) is -5.59. The van der Waals surface area contributed by atoms with Crippen molar-refractivity contribution in [2.75, 3.05) is 6.61 Å². The smallest absolute Gasteiger partial charge is 0.338 e. The highest BCUT2D eigenvalue weighted by molar-refractivity contribution is 5.89. The van der Waals surface area contributed by atoms with Crippen molar-refractivity contribution >= 4 is 29.8 Å². The SMILES string of the molecule is CC(=O)O[C@@H]1C2=C(C)CC[C@@](O)([C@@H](OC(=O)c3ccccc3)[C@@H]3[C@]4(OC(C)=O)CO[C@@H]4C[C@H](OC(C)=O)[C@@]3(C)[C@H]1OC(C)=O)C2(C)C. The molecule has 1 heterocycles. The van der Waals surface area contributed by atoms with Crippen molar-refractivity contribution in [2.45, 2.75) is 116 Å². The lowest BCUT2D eigenvalue weighted by atomic mass is 9.44. The molecule has 0 unspecified atom stereocenters. The van der Waals surface area contributed by atoms with E-state index in [2.05, 4.69) is 0 Å². The molecule has 0 amide bonds. The molecule has 3 aliphatic carbocycles. The Balaban J connectivity index is 1.90. The number of rotatable bonds is 6. The first-order valence-corrected chi connectivity index (χ1v) is 15.9. The van der Waals surface area contributed by atoms with E-state index in [4.69, 9.17) is 28.4 Å². The van der Waals surface area contributed by atoms with Crippen LogP contribution in [0.15, 0.2) is 41.5 Å². The summed E-state index contributed by atoms with van der Waals surface area (Å²) in [6, 6.07) is 8.26. The molecule has 1 aromatic carbocycles. The normalized spacial score (nSPS) is 37.0. The Bertz CT molecular complexity index is 1500. The second-order valence-electron chi connectivity index (χ2n) is 14.0. The van der Waals surface area contributed by atoms with Gasteiger partial charge in [-0.1, -0.05) is 44.5 Å². The molecule has 1 aliphatic heterocycles. The van der Waals surface area contributed by atoms with Crippen molar-refractivity contribution in [3.05, 3.63) is 47.0 Å². The molecule has 2 bridgehead atoms. The molecule has 0 aromatic heterocycles. The highest BCUT2D eigenvalue weighted by atomic mass is 16.6. The van der Waals surface area contributed by atoms with E-state index >= 15 is 0 Å². The highest BCUT2D eigenvalue weighted by Gasteiger charge is 2.79. The number of allylic oxidation sites excluding steroid dienone is 1. The minimum Gasteiger partial charge on any atom is -0.462 e.